The van der Waals surface area contributed by atoms with Gasteiger partial charge in [0.05, 0.1) is 10.4 Å². The van der Waals surface area contributed by atoms with E-state index in [4.69, 9.17) is 0 Å². The molecule has 0 radical (unpaired) electrons. The summed E-state index contributed by atoms with van der Waals surface area (Å²) in [6, 6.07) is 21.5. The predicted octanol–water partition coefficient (Wildman–Crippen LogP) is 4.68. The molecule has 0 atom stereocenters. The highest BCUT2D eigenvalue weighted by Crippen LogP contribution is 2.35. The standard InChI is InChI=1S/C24H18N2O3S/c1-16-10-12-18(13-11-16)30(28,29)26-15-17(19-6-3-5-9-23(19)26)14-21-20-7-2-4-8-22(20)25-24(21)27/h2-15H,1H3,(H,25,27)/b21-14-. The minimum absolute atomic E-state index is 0.200. The molecule has 0 fully saturated rings. The highest BCUT2D eigenvalue weighted by atomic mass is 32.2. The van der Waals surface area contributed by atoms with Crippen molar-refractivity contribution in [3.8, 4) is 0 Å². The van der Waals surface area contributed by atoms with Gasteiger partial charge in [-0.25, -0.2) is 12.4 Å². The molecule has 1 N–H and O–H groups in total. The molecule has 2 heterocycles. The third-order valence-electron chi connectivity index (χ3n) is 5.30. The van der Waals surface area contributed by atoms with Crippen molar-refractivity contribution < 1.29 is 13.2 Å². The minimum Gasteiger partial charge on any atom is -0.321 e. The topological polar surface area (TPSA) is 68.2 Å². The molecule has 0 saturated heterocycles. The van der Waals surface area contributed by atoms with Gasteiger partial charge in [0.15, 0.2) is 0 Å². The average molecular weight is 414 g/mol. The largest absolute Gasteiger partial charge is 0.321 e. The van der Waals surface area contributed by atoms with Gasteiger partial charge in [0.25, 0.3) is 15.9 Å². The van der Waals surface area contributed by atoms with Gasteiger partial charge >= 0.3 is 0 Å². The second-order valence-electron chi connectivity index (χ2n) is 7.27. The molecule has 1 amide bonds. The number of aromatic nitrogens is 1. The highest BCUT2D eigenvalue weighted by molar-refractivity contribution is 7.90. The molecule has 0 spiro atoms. The van der Waals surface area contributed by atoms with Gasteiger partial charge in [0.2, 0.25) is 0 Å². The van der Waals surface area contributed by atoms with Crippen molar-refractivity contribution in [3.05, 3.63) is 95.7 Å². The molecular weight excluding hydrogens is 396 g/mol. The first-order chi connectivity index (χ1) is 14.4. The van der Waals surface area contributed by atoms with Gasteiger partial charge in [-0.1, -0.05) is 54.1 Å². The average Bonchev–Trinajstić information content (AvgIpc) is 3.27. The molecule has 0 unspecified atom stereocenters. The number of anilines is 1. The van der Waals surface area contributed by atoms with E-state index in [1.165, 1.54) is 3.97 Å². The van der Waals surface area contributed by atoms with Gasteiger partial charge in [-0.2, -0.15) is 0 Å². The highest BCUT2D eigenvalue weighted by Gasteiger charge is 2.25. The zero-order chi connectivity index (χ0) is 20.9. The summed E-state index contributed by atoms with van der Waals surface area (Å²) in [5.41, 5.74) is 4.30. The lowest BCUT2D eigenvalue weighted by molar-refractivity contribution is -0.110. The number of carbonyl (C=O) groups excluding carboxylic acids is 1. The van der Waals surface area contributed by atoms with Crippen molar-refractivity contribution in [1.82, 2.24) is 3.97 Å². The summed E-state index contributed by atoms with van der Waals surface area (Å²) in [6.07, 6.45) is 3.34. The fourth-order valence-electron chi connectivity index (χ4n) is 3.75. The summed E-state index contributed by atoms with van der Waals surface area (Å²) >= 11 is 0. The van der Waals surface area contributed by atoms with E-state index >= 15 is 0 Å². The van der Waals surface area contributed by atoms with E-state index in [0.29, 0.717) is 16.7 Å². The monoisotopic (exact) mass is 414 g/mol. The maximum absolute atomic E-state index is 13.3. The summed E-state index contributed by atoms with van der Waals surface area (Å²) in [7, 11) is -3.78. The van der Waals surface area contributed by atoms with Crippen LogP contribution in [0, 0.1) is 6.92 Å². The maximum Gasteiger partial charge on any atom is 0.268 e. The molecule has 3 aromatic carbocycles. The van der Waals surface area contributed by atoms with Crippen LogP contribution in [0.25, 0.3) is 22.6 Å². The maximum atomic E-state index is 13.3. The molecule has 6 heteroatoms. The van der Waals surface area contributed by atoms with Crippen LogP contribution in [0.2, 0.25) is 0 Å². The normalized spacial score (nSPS) is 14.8. The number of aryl methyl sites for hydroxylation is 1. The number of carbonyl (C=O) groups is 1. The van der Waals surface area contributed by atoms with Crippen LogP contribution in [0.4, 0.5) is 5.69 Å². The number of para-hydroxylation sites is 2. The van der Waals surface area contributed by atoms with Crippen LogP contribution in [-0.4, -0.2) is 18.3 Å². The Morgan fingerprint density at radius 3 is 2.40 bits per heavy atom. The van der Waals surface area contributed by atoms with E-state index in [9.17, 15) is 13.2 Å². The second kappa shape index (κ2) is 6.71. The van der Waals surface area contributed by atoms with Crippen molar-refractivity contribution in [1.29, 1.82) is 0 Å². The van der Waals surface area contributed by atoms with Gasteiger partial charge in [-0.05, 0) is 37.3 Å². The van der Waals surface area contributed by atoms with E-state index in [1.54, 1.807) is 48.7 Å². The van der Waals surface area contributed by atoms with Crippen LogP contribution in [0.3, 0.4) is 0 Å². The zero-order valence-electron chi connectivity index (χ0n) is 16.2. The van der Waals surface area contributed by atoms with Crippen LogP contribution in [0.15, 0.2) is 83.9 Å². The van der Waals surface area contributed by atoms with Crippen LogP contribution < -0.4 is 5.32 Å². The van der Waals surface area contributed by atoms with Crippen molar-refractivity contribution in [3.63, 3.8) is 0 Å². The first-order valence-electron chi connectivity index (χ1n) is 9.50. The quantitative estimate of drug-likeness (QED) is 0.495. The molecule has 148 valence electrons. The Bertz CT molecular complexity index is 1450. The number of hydrogen-bond acceptors (Lipinski definition) is 3. The van der Waals surface area contributed by atoms with Gasteiger partial charge in [0.1, 0.15) is 0 Å². The Hall–Kier alpha value is -3.64. The number of nitrogens with one attached hydrogen (secondary N) is 1. The molecule has 5 rings (SSSR count). The molecule has 0 bridgehead atoms. The van der Waals surface area contributed by atoms with E-state index in [-0.39, 0.29) is 10.8 Å². The molecule has 4 aromatic rings. The van der Waals surface area contributed by atoms with Crippen molar-refractivity contribution in [2.75, 3.05) is 5.32 Å². The molecule has 1 aliphatic rings. The Labute approximate surface area is 174 Å². The molecule has 30 heavy (non-hydrogen) atoms. The first kappa shape index (κ1) is 18.4. The summed E-state index contributed by atoms with van der Waals surface area (Å²) in [5, 5.41) is 3.61. The van der Waals surface area contributed by atoms with Crippen LogP contribution in [0.1, 0.15) is 16.7 Å². The number of hydrogen-bond donors (Lipinski definition) is 1. The summed E-state index contributed by atoms with van der Waals surface area (Å²) in [4.78, 5) is 12.7. The van der Waals surface area contributed by atoms with E-state index in [0.717, 1.165) is 22.2 Å². The second-order valence-corrected chi connectivity index (χ2v) is 9.09. The van der Waals surface area contributed by atoms with E-state index in [2.05, 4.69) is 5.32 Å². The number of nitrogens with zero attached hydrogens (tertiary/aromatic N) is 1. The van der Waals surface area contributed by atoms with E-state index in [1.807, 2.05) is 43.3 Å². The predicted molar refractivity (Wildman–Crippen MR) is 119 cm³/mol. The van der Waals surface area contributed by atoms with Crippen molar-refractivity contribution >= 4 is 44.2 Å². The van der Waals surface area contributed by atoms with Crippen LogP contribution in [-0.2, 0) is 14.8 Å². The molecular formula is C24H18N2O3S. The Morgan fingerprint density at radius 2 is 1.60 bits per heavy atom. The third-order valence-corrected chi connectivity index (χ3v) is 6.98. The molecule has 1 aromatic heterocycles. The lowest BCUT2D eigenvalue weighted by atomic mass is 10.0. The molecule has 0 aliphatic carbocycles. The zero-order valence-corrected chi connectivity index (χ0v) is 17.0. The lowest BCUT2D eigenvalue weighted by Gasteiger charge is -2.07. The SMILES string of the molecule is Cc1ccc(S(=O)(=O)n2cc(/C=C3\C(=O)Nc4ccccc43)c3ccccc32)cc1. The minimum atomic E-state index is -3.78. The number of amides is 1. The summed E-state index contributed by atoms with van der Waals surface area (Å²) in [6.45, 7) is 1.91. The Kier molecular flexibility index (Phi) is 4.11. The van der Waals surface area contributed by atoms with E-state index < -0.39 is 10.0 Å². The van der Waals surface area contributed by atoms with Gasteiger partial charge < -0.3 is 5.32 Å². The van der Waals surface area contributed by atoms with Gasteiger partial charge in [0, 0.05) is 34.0 Å². The first-order valence-corrected chi connectivity index (χ1v) is 10.9. The summed E-state index contributed by atoms with van der Waals surface area (Å²) < 4.78 is 28.0. The Morgan fingerprint density at radius 1 is 0.900 bits per heavy atom. The molecule has 1 aliphatic heterocycles. The number of benzene rings is 3. The molecule has 5 nitrogen and oxygen atoms in total. The fraction of sp³-hybridized carbons (Fsp3) is 0.0417. The molecule has 0 saturated carbocycles. The summed E-state index contributed by atoms with van der Waals surface area (Å²) in [5.74, 6) is -0.200. The van der Waals surface area contributed by atoms with Crippen LogP contribution in [0.5, 0.6) is 0 Å². The fourth-order valence-corrected chi connectivity index (χ4v) is 5.13. The van der Waals surface area contributed by atoms with Crippen molar-refractivity contribution in [2.45, 2.75) is 11.8 Å². The smallest absolute Gasteiger partial charge is 0.268 e. The van der Waals surface area contributed by atoms with Crippen molar-refractivity contribution in [2.24, 2.45) is 0 Å². The van der Waals surface area contributed by atoms with Gasteiger partial charge in [-0.15, -0.1) is 0 Å². The van der Waals surface area contributed by atoms with Crippen LogP contribution >= 0.6 is 0 Å². The third kappa shape index (κ3) is 2.84. The van der Waals surface area contributed by atoms with Gasteiger partial charge in [-0.3, -0.25) is 4.79 Å². The Balaban J connectivity index is 1.71. The number of fused-ring (bicyclic) bond motifs is 2. The number of rotatable bonds is 3. The lowest BCUT2D eigenvalue weighted by Crippen LogP contribution is -2.11.